The predicted molar refractivity (Wildman–Crippen MR) is 47.2 cm³/mol. The first-order valence-electron chi connectivity index (χ1n) is 4.48. The number of nitrogens with zero attached hydrogens (tertiary/aromatic N) is 1. The molecular weight excluding hydrogens is 154 g/mol. The van der Waals surface area contributed by atoms with Crippen molar-refractivity contribution < 1.29 is 4.79 Å². The van der Waals surface area contributed by atoms with Crippen molar-refractivity contribution in [3.05, 3.63) is 0 Å². The predicted octanol–water partition coefficient (Wildman–Crippen LogP) is -0.368. The van der Waals surface area contributed by atoms with Crippen molar-refractivity contribution in [2.75, 3.05) is 13.1 Å². The zero-order valence-corrected chi connectivity index (χ0v) is 7.33. The molecule has 1 rings (SSSR count). The van der Waals surface area contributed by atoms with Gasteiger partial charge < -0.3 is 11.5 Å². The van der Waals surface area contributed by atoms with E-state index in [2.05, 4.69) is 4.90 Å². The molecule has 1 amide bonds. The van der Waals surface area contributed by atoms with Gasteiger partial charge >= 0.3 is 0 Å². The Labute approximate surface area is 72.9 Å². The molecule has 0 aromatic heterocycles. The number of primary amides is 1. The summed E-state index contributed by atoms with van der Waals surface area (Å²) in [4.78, 5) is 12.7. The molecule has 0 radical (unpaired) electrons. The van der Waals surface area contributed by atoms with Gasteiger partial charge in [-0.15, -0.1) is 0 Å². The summed E-state index contributed by atoms with van der Waals surface area (Å²) in [5.41, 5.74) is 10.8. The Hall–Kier alpha value is -0.610. The van der Waals surface area contributed by atoms with Gasteiger partial charge in [0.05, 0.1) is 12.6 Å². The second-order valence-corrected chi connectivity index (χ2v) is 3.33. The van der Waals surface area contributed by atoms with E-state index in [4.69, 9.17) is 11.5 Å². The maximum atomic E-state index is 10.6. The third-order valence-electron chi connectivity index (χ3n) is 2.27. The third kappa shape index (κ3) is 2.79. The first-order chi connectivity index (χ1) is 5.70. The van der Waals surface area contributed by atoms with Crippen molar-refractivity contribution in [1.82, 2.24) is 4.90 Å². The molecule has 4 nitrogen and oxygen atoms in total. The van der Waals surface area contributed by atoms with Crippen LogP contribution in [0.5, 0.6) is 0 Å². The normalized spacial score (nSPS) is 22.1. The molecule has 1 atom stereocenters. The molecule has 12 heavy (non-hydrogen) atoms. The standard InChI is InChI=1S/C8H17N3O/c9-7(6-8(10)12)11-4-2-1-3-5-11/h7H,1-6,9H2,(H2,10,12). The van der Waals surface area contributed by atoms with Crippen LogP contribution in [0.25, 0.3) is 0 Å². The summed E-state index contributed by atoms with van der Waals surface area (Å²) in [6, 6.07) is 0. The van der Waals surface area contributed by atoms with Crippen LogP contribution in [0, 0.1) is 0 Å². The van der Waals surface area contributed by atoms with Crippen molar-refractivity contribution in [1.29, 1.82) is 0 Å². The molecule has 70 valence electrons. The first-order valence-corrected chi connectivity index (χ1v) is 4.48. The molecule has 0 saturated carbocycles. The van der Waals surface area contributed by atoms with Gasteiger partial charge in [0.25, 0.3) is 0 Å². The lowest BCUT2D eigenvalue weighted by Gasteiger charge is -2.31. The lowest BCUT2D eigenvalue weighted by atomic mass is 10.1. The van der Waals surface area contributed by atoms with Gasteiger partial charge in [-0.05, 0) is 25.9 Å². The van der Waals surface area contributed by atoms with Gasteiger partial charge in [-0.25, -0.2) is 0 Å². The Balaban J connectivity index is 2.29. The number of nitrogens with two attached hydrogens (primary N) is 2. The molecule has 0 spiro atoms. The topological polar surface area (TPSA) is 72.3 Å². The van der Waals surface area contributed by atoms with Crippen molar-refractivity contribution in [2.45, 2.75) is 31.8 Å². The Morgan fingerprint density at radius 3 is 2.42 bits per heavy atom. The number of hydrogen-bond donors (Lipinski definition) is 2. The minimum Gasteiger partial charge on any atom is -0.370 e. The van der Waals surface area contributed by atoms with Crippen LogP contribution in [0.2, 0.25) is 0 Å². The van der Waals surface area contributed by atoms with E-state index >= 15 is 0 Å². The Morgan fingerprint density at radius 2 is 1.92 bits per heavy atom. The van der Waals surface area contributed by atoms with Crippen LogP contribution in [0.4, 0.5) is 0 Å². The van der Waals surface area contributed by atoms with Crippen molar-refractivity contribution >= 4 is 5.91 Å². The highest BCUT2D eigenvalue weighted by atomic mass is 16.1. The highest BCUT2D eigenvalue weighted by Crippen LogP contribution is 2.10. The van der Waals surface area contributed by atoms with Crippen LogP contribution in [0.1, 0.15) is 25.7 Å². The molecule has 1 saturated heterocycles. The lowest BCUT2D eigenvalue weighted by Crippen LogP contribution is -2.46. The van der Waals surface area contributed by atoms with E-state index in [0.29, 0.717) is 0 Å². The summed E-state index contributed by atoms with van der Waals surface area (Å²) in [5.74, 6) is -0.312. The Morgan fingerprint density at radius 1 is 1.33 bits per heavy atom. The fourth-order valence-corrected chi connectivity index (χ4v) is 1.59. The van der Waals surface area contributed by atoms with Crippen molar-refractivity contribution in [2.24, 2.45) is 11.5 Å². The maximum Gasteiger partial charge on any atom is 0.220 e. The second-order valence-electron chi connectivity index (χ2n) is 3.33. The monoisotopic (exact) mass is 171 g/mol. The van der Waals surface area contributed by atoms with E-state index in [-0.39, 0.29) is 18.5 Å². The minimum atomic E-state index is -0.312. The molecule has 0 aliphatic carbocycles. The van der Waals surface area contributed by atoms with E-state index in [1.807, 2.05) is 0 Å². The molecule has 0 aromatic carbocycles. The summed E-state index contributed by atoms with van der Waals surface area (Å²) in [6.45, 7) is 2.02. The van der Waals surface area contributed by atoms with Crippen LogP contribution in [-0.2, 0) is 4.79 Å². The summed E-state index contributed by atoms with van der Waals surface area (Å²) in [7, 11) is 0. The Bertz CT molecular complexity index is 154. The lowest BCUT2D eigenvalue weighted by molar-refractivity contribution is -0.119. The summed E-state index contributed by atoms with van der Waals surface area (Å²) >= 11 is 0. The summed E-state index contributed by atoms with van der Waals surface area (Å²) in [6.07, 6.45) is 3.77. The fourth-order valence-electron chi connectivity index (χ4n) is 1.59. The molecule has 0 bridgehead atoms. The number of hydrogen-bond acceptors (Lipinski definition) is 3. The van der Waals surface area contributed by atoms with Crippen molar-refractivity contribution in [3.63, 3.8) is 0 Å². The van der Waals surface area contributed by atoms with Gasteiger partial charge in [0.15, 0.2) is 0 Å². The minimum absolute atomic E-state index is 0.164. The summed E-state index contributed by atoms with van der Waals surface area (Å²) in [5, 5.41) is 0. The van der Waals surface area contributed by atoms with Crippen LogP contribution < -0.4 is 11.5 Å². The van der Waals surface area contributed by atoms with Gasteiger partial charge in [-0.2, -0.15) is 0 Å². The number of likely N-dealkylation sites (tertiary alicyclic amines) is 1. The maximum absolute atomic E-state index is 10.6. The molecular formula is C8H17N3O. The van der Waals surface area contributed by atoms with Gasteiger partial charge in [-0.1, -0.05) is 6.42 Å². The van der Waals surface area contributed by atoms with Crippen LogP contribution in [0.3, 0.4) is 0 Å². The zero-order chi connectivity index (χ0) is 8.97. The summed E-state index contributed by atoms with van der Waals surface area (Å²) < 4.78 is 0. The molecule has 4 N–H and O–H groups in total. The SMILES string of the molecule is NC(=O)CC(N)N1CCCCC1. The van der Waals surface area contributed by atoms with Crippen LogP contribution in [0.15, 0.2) is 0 Å². The molecule has 4 heteroatoms. The molecule has 0 aromatic rings. The fraction of sp³-hybridized carbons (Fsp3) is 0.875. The van der Waals surface area contributed by atoms with Crippen LogP contribution >= 0.6 is 0 Å². The number of amides is 1. The molecule has 1 fully saturated rings. The number of carbonyl (C=O) groups excluding carboxylic acids is 1. The first kappa shape index (κ1) is 9.48. The third-order valence-corrected chi connectivity index (χ3v) is 2.27. The van der Waals surface area contributed by atoms with Gasteiger partial charge in [0, 0.05) is 0 Å². The zero-order valence-electron chi connectivity index (χ0n) is 7.33. The van der Waals surface area contributed by atoms with Gasteiger partial charge in [0.1, 0.15) is 0 Å². The van der Waals surface area contributed by atoms with E-state index in [0.717, 1.165) is 13.1 Å². The number of piperidine rings is 1. The highest BCUT2D eigenvalue weighted by molar-refractivity contribution is 5.74. The molecule has 1 unspecified atom stereocenters. The molecule has 1 aliphatic heterocycles. The van der Waals surface area contributed by atoms with E-state index in [1.165, 1.54) is 19.3 Å². The number of rotatable bonds is 3. The highest BCUT2D eigenvalue weighted by Gasteiger charge is 2.17. The average Bonchev–Trinajstić information content (AvgIpc) is 2.05. The smallest absolute Gasteiger partial charge is 0.220 e. The van der Waals surface area contributed by atoms with E-state index < -0.39 is 0 Å². The largest absolute Gasteiger partial charge is 0.370 e. The molecule has 1 heterocycles. The molecule has 1 aliphatic rings. The van der Waals surface area contributed by atoms with Crippen molar-refractivity contribution in [3.8, 4) is 0 Å². The van der Waals surface area contributed by atoms with Gasteiger partial charge in [-0.3, -0.25) is 9.69 Å². The van der Waals surface area contributed by atoms with Crippen LogP contribution in [-0.4, -0.2) is 30.1 Å². The van der Waals surface area contributed by atoms with E-state index in [9.17, 15) is 4.79 Å². The average molecular weight is 171 g/mol. The Kier molecular flexibility index (Phi) is 3.49. The quantitative estimate of drug-likeness (QED) is 0.608. The van der Waals surface area contributed by atoms with E-state index in [1.54, 1.807) is 0 Å². The van der Waals surface area contributed by atoms with Gasteiger partial charge in [0.2, 0.25) is 5.91 Å². The second kappa shape index (κ2) is 4.42. The number of carbonyl (C=O) groups is 1.